The molecule has 0 aliphatic carbocycles. The van der Waals surface area contributed by atoms with E-state index in [-0.39, 0.29) is 23.0 Å². The first-order valence-corrected chi connectivity index (χ1v) is 8.83. The van der Waals surface area contributed by atoms with Crippen LogP contribution in [-0.2, 0) is 6.42 Å². The van der Waals surface area contributed by atoms with Gasteiger partial charge in [0.1, 0.15) is 12.1 Å². The summed E-state index contributed by atoms with van der Waals surface area (Å²) in [7, 11) is 0. The molecule has 0 amide bonds. The lowest BCUT2D eigenvalue weighted by atomic mass is 10.1. The number of halogens is 2. The van der Waals surface area contributed by atoms with Crippen molar-refractivity contribution >= 4 is 38.9 Å². The van der Waals surface area contributed by atoms with Crippen LogP contribution in [0.15, 0.2) is 59.3 Å². The molecule has 27 heavy (non-hydrogen) atoms. The van der Waals surface area contributed by atoms with Gasteiger partial charge in [-0.25, -0.2) is 14.4 Å². The largest absolute Gasteiger partial charge is 0.364 e. The van der Waals surface area contributed by atoms with Crippen LogP contribution in [0.2, 0.25) is 0 Å². The molecule has 0 spiro atoms. The van der Waals surface area contributed by atoms with Crippen LogP contribution in [0.4, 0.5) is 27.4 Å². The van der Waals surface area contributed by atoms with Crippen LogP contribution in [0, 0.1) is 15.9 Å². The maximum atomic E-state index is 14.0. The van der Waals surface area contributed by atoms with E-state index in [9.17, 15) is 14.5 Å². The average molecular weight is 432 g/mol. The Kier molecular flexibility index (Phi) is 5.92. The highest BCUT2D eigenvalue weighted by atomic mass is 79.9. The summed E-state index contributed by atoms with van der Waals surface area (Å²) in [5.41, 5.74) is 0.833. The van der Waals surface area contributed by atoms with Gasteiger partial charge in [-0.2, -0.15) is 0 Å². The lowest BCUT2D eigenvalue weighted by Crippen LogP contribution is -2.11. The molecular formula is C18H15BrFN5O2. The van der Waals surface area contributed by atoms with Crippen LogP contribution >= 0.6 is 15.9 Å². The van der Waals surface area contributed by atoms with Crippen molar-refractivity contribution in [1.29, 1.82) is 0 Å². The molecule has 138 valence electrons. The van der Waals surface area contributed by atoms with Crippen molar-refractivity contribution in [3.63, 3.8) is 0 Å². The summed E-state index contributed by atoms with van der Waals surface area (Å²) < 4.78 is 14.6. The van der Waals surface area contributed by atoms with Gasteiger partial charge < -0.3 is 10.6 Å². The molecule has 2 aromatic carbocycles. The maximum Gasteiger partial charge on any atom is 0.353 e. The third-order valence-corrected chi connectivity index (χ3v) is 4.23. The van der Waals surface area contributed by atoms with Gasteiger partial charge in [0.2, 0.25) is 11.6 Å². The second kappa shape index (κ2) is 8.54. The van der Waals surface area contributed by atoms with Crippen molar-refractivity contribution in [3.8, 4) is 0 Å². The number of nitrogens with zero attached hydrogens (tertiary/aromatic N) is 3. The van der Waals surface area contributed by atoms with Gasteiger partial charge in [-0.15, -0.1) is 0 Å². The fourth-order valence-corrected chi connectivity index (χ4v) is 2.79. The zero-order valence-corrected chi connectivity index (χ0v) is 15.6. The predicted molar refractivity (Wildman–Crippen MR) is 105 cm³/mol. The first kappa shape index (κ1) is 18.7. The summed E-state index contributed by atoms with van der Waals surface area (Å²) in [5.74, 6) is -0.569. The first-order chi connectivity index (χ1) is 13.0. The molecule has 7 nitrogen and oxygen atoms in total. The molecule has 1 heterocycles. The summed E-state index contributed by atoms with van der Waals surface area (Å²) in [6.07, 6.45) is 1.86. The van der Waals surface area contributed by atoms with Gasteiger partial charge in [-0.05, 0) is 30.2 Å². The van der Waals surface area contributed by atoms with Crippen LogP contribution < -0.4 is 10.6 Å². The highest BCUT2D eigenvalue weighted by molar-refractivity contribution is 9.10. The topological polar surface area (TPSA) is 93.0 Å². The molecule has 0 fully saturated rings. The summed E-state index contributed by atoms with van der Waals surface area (Å²) in [5, 5.41) is 17.2. The van der Waals surface area contributed by atoms with Crippen molar-refractivity contribution in [2.45, 2.75) is 6.42 Å². The molecule has 0 unspecified atom stereocenters. The van der Waals surface area contributed by atoms with Gasteiger partial charge in [-0.1, -0.05) is 46.3 Å². The van der Waals surface area contributed by atoms with Gasteiger partial charge in [0.15, 0.2) is 0 Å². The second-order valence-corrected chi connectivity index (χ2v) is 6.50. The molecule has 3 aromatic rings. The van der Waals surface area contributed by atoms with Crippen LogP contribution in [0.5, 0.6) is 0 Å². The van der Waals surface area contributed by atoms with Gasteiger partial charge >= 0.3 is 5.69 Å². The quantitative estimate of drug-likeness (QED) is 0.416. The Hall–Kier alpha value is -3.07. The van der Waals surface area contributed by atoms with Crippen molar-refractivity contribution in [1.82, 2.24) is 9.97 Å². The molecule has 3 rings (SSSR count). The number of hydrogen-bond donors (Lipinski definition) is 2. The Bertz CT molecular complexity index is 956. The van der Waals surface area contributed by atoms with E-state index in [1.807, 2.05) is 30.3 Å². The zero-order valence-electron chi connectivity index (χ0n) is 14.0. The lowest BCUT2D eigenvalue weighted by molar-refractivity contribution is -0.383. The van der Waals surface area contributed by atoms with Crippen LogP contribution in [0.3, 0.4) is 0 Å². The van der Waals surface area contributed by atoms with Gasteiger partial charge in [-0.3, -0.25) is 10.1 Å². The van der Waals surface area contributed by atoms with Gasteiger partial charge in [0.25, 0.3) is 0 Å². The Morgan fingerprint density at radius 3 is 2.56 bits per heavy atom. The second-order valence-electron chi connectivity index (χ2n) is 5.59. The molecule has 2 N–H and O–H groups in total. The van der Waals surface area contributed by atoms with Gasteiger partial charge in [0, 0.05) is 11.0 Å². The molecule has 0 saturated carbocycles. The zero-order chi connectivity index (χ0) is 19.2. The predicted octanol–water partition coefficient (Wildman–Crippen LogP) is 4.68. The normalized spacial score (nSPS) is 10.4. The minimum absolute atomic E-state index is 0.0750. The van der Waals surface area contributed by atoms with Crippen LogP contribution in [0.1, 0.15) is 5.56 Å². The van der Waals surface area contributed by atoms with Crippen LogP contribution in [-0.4, -0.2) is 21.4 Å². The van der Waals surface area contributed by atoms with E-state index in [0.29, 0.717) is 17.4 Å². The van der Waals surface area contributed by atoms with E-state index in [1.54, 1.807) is 6.07 Å². The summed E-state index contributed by atoms with van der Waals surface area (Å²) >= 11 is 3.17. The first-order valence-electron chi connectivity index (χ1n) is 8.04. The summed E-state index contributed by atoms with van der Waals surface area (Å²) in [4.78, 5) is 18.8. The number of hydrogen-bond acceptors (Lipinski definition) is 6. The van der Waals surface area contributed by atoms with Crippen molar-refractivity contribution in [2.75, 3.05) is 17.2 Å². The number of rotatable bonds is 7. The Labute approximate surface area is 163 Å². The molecule has 0 atom stereocenters. The van der Waals surface area contributed by atoms with E-state index >= 15 is 0 Å². The molecule has 0 aliphatic heterocycles. The van der Waals surface area contributed by atoms with Crippen LogP contribution in [0.25, 0.3) is 0 Å². The average Bonchev–Trinajstić information content (AvgIpc) is 2.65. The lowest BCUT2D eigenvalue weighted by Gasteiger charge is -2.11. The molecule has 1 aromatic heterocycles. The molecular weight excluding hydrogens is 417 g/mol. The fraction of sp³-hybridized carbons (Fsp3) is 0.111. The molecule has 9 heteroatoms. The summed E-state index contributed by atoms with van der Waals surface area (Å²) in [6, 6.07) is 14.1. The maximum absolute atomic E-state index is 14.0. The fourth-order valence-electron chi connectivity index (χ4n) is 2.46. The van der Waals surface area contributed by atoms with E-state index in [1.165, 1.54) is 18.5 Å². The monoisotopic (exact) mass is 431 g/mol. The smallest absolute Gasteiger partial charge is 0.353 e. The Balaban J connectivity index is 1.80. The molecule has 0 aliphatic rings. The number of benzene rings is 2. The highest BCUT2D eigenvalue weighted by Gasteiger charge is 2.23. The highest BCUT2D eigenvalue weighted by Crippen LogP contribution is 2.32. The number of nitro groups is 1. The van der Waals surface area contributed by atoms with Crippen molar-refractivity contribution in [3.05, 3.63) is 80.8 Å². The molecule has 0 saturated heterocycles. The van der Waals surface area contributed by atoms with Crippen molar-refractivity contribution < 1.29 is 9.31 Å². The number of nitrogens with one attached hydrogen (secondary N) is 2. The van der Waals surface area contributed by atoms with Gasteiger partial charge in [0.05, 0.1) is 10.6 Å². The number of aromatic nitrogens is 2. The van der Waals surface area contributed by atoms with E-state index < -0.39 is 10.7 Å². The standard InChI is InChI=1S/C18H15BrFN5O2/c19-13-6-7-15(14(20)10-13)24-18-16(25(26)27)17(22-11-23-18)21-9-8-12-4-2-1-3-5-12/h1-7,10-11H,8-9H2,(H2,21,22,23,24). The van der Waals surface area contributed by atoms with Crippen molar-refractivity contribution in [2.24, 2.45) is 0 Å². The van der Waals surface area contributed by atoms with E-state index in [2.05, 4.69) is 36.5 Å². The number of anilines is 3. The molecule has 0 radical (unpaired) electrons. The summed E-state index contributed by atoms with van der Waals surface area (Å²) in [6.45, 7) is 0.452. The minimum Gasteiger partial charge on any atom is -0.364 e. The third kappa shape index (κ3) is 4.76. The van der Waals surface area contributed by atoms with E-state index in [4.69, 9.17) is 0 Å². The Morgan fingerprint density at radius 2 is 1.85 bits per heavy atom. The van der Waals surface area contributed by atoms with E-state index in [0.717, 1.165) is 5.56 Å². The SMILES string of the molecule is O=[N+]([O-])c1c(NCCc2ccccc2)ncnc1Nc1ccc(Br)cc1F. The molecule has 0 bridgehead atoms. The minimum atomic E-state index is -0.593. The Morgan fingerprint density at radius 1 is 1.11 bits per heavy atom. The third-order valence-electron chi connectivity index (χ3n) is 3.74.